The van der Waals surface area contributed by atoms with E-state index in [9.17, 15) is 4.79 Å². The Morgan fingerprint density at radius 3 is 2.40 bits per heavy atom. The molecule has 0 spiro atoms. The van der Waals surface area contributed by atoms with E-state index in [1.54, 1.807) is 0 Å². The fraction of sp³-hybridized carbons (Fsp3) is 0.417. The van der Waals surface area contributed by atoms with E-state index in [-0.39, 0.29) is 12.4 Å². The molecular weight excluding hydrogens is 190 g/mol. The van der Waals surface area contributed by atoms with Gasteiger partial charge in [0.2, 0.25) is 0 Å². The molecule has 0 aliphatic heterocycles. The van der Waals surface area contributed by atoms with Crippen molar-refractivity contribution in [1.29, 1.82) is 0 Å². The maximum Gasteiger partial charge on any atom is 0.307 e. The predicted octanol–water partition coefficient (Wildman–Crippen LogP) is 1.05. The first-order valence-electron chi connectivity index (χ1n) is 5.05. The van der Waals surface area contributed by atoms with Crippen molar-refractivity contribution in [2.75, 3.05) is 7.11 Å². The van der Waals surface area contributed by atoms with Crippen molar-refractivity contribution < 1.29 is 9.53 Å². The number of hydrogen-bond acceptors (Lipinski definition) is 3. The molecule has 3 nitrogen and oxygen atoms in total. The van der Waals surface area contributed by atoms with Crippen LogP contribution in [0.1, 0.15) is 17.5 Å². The van der Waals surface area contributed by atoms with Gasteiger partial charge >= 0.3 is 5.97 Å². The van der Waals surface area contributed by atoms with E-state index in [1.165, 1.54) is 18.2 Å². The molecule has 0 unspecified atom stereocenters. The SMILES string of the molecule is COC(=O)CC1(N)Cc2ccccc2C1. The molecule has 1 aliphatic carbocycles. The van der Waals surface area contributed by atoms with Crippen LogP contribution in [0.15, 0.2) is 24.3 Å². The molecule has 0 fully saturated rings. The minimum Gasteiger partial charge on any atom is -0.469 e. The van der Waals surface area contributed by atoms with Crippen LogP contribution in [0.25, 0.3) is 0 Å². The standard InChI is InChI=1S/C12H15NO2/c1-15-11(14)8-12(13)6-9-4-2-3-5-10(9)7-12/h2-5H,6-8,13H2,1H3. The van der Waals surface area contributed by atoms with Crippen LogP contribution in [0, 0.1) is 0 Å². The summed E-state index contributed by atoms with van der Waals surface area (Å²) in [6, 6.07) is 8.15. The van der Waals surface area contributed by atoms with E-state index < -0.39 is 5.54 Å². The van der Waals surface area contributed by atoms with Gasteiger partial charge in [-0.3, -0.25) is 4.79 Å². The lowest BCUT2D eigenvalue weighted by molar-refractivity contribution is -0.141. The third-order valence-corrected chi connectivity index (χ3v) is 2.93. The van der Waals surface area contributed by atoms with Gasteiger partial charge in [-0.05, 0) is 24.0 Å². The summed E-state index contributed by atoms with van der Waals surface area (Å²) >= 11 is 0. The van der Waals surface area contributed by atoms with Crippen molar-refractivity contribution in [1.82, 2.24) is 0 Å². The first-order valence-corrected chi connectivity index (χ1v) is 5.05. The molecule has 1 aliphatic rings. The number of benzene rings is 1. The average Bonchev–Trinajstić information content (AvgIpc) is 2.53. The molecule has 1 aromatic rings. The Morgan fingerprint density at radius 1 is 1.40 bits per heavy atom. The van der Waals surface area contributed by atoms with Crippen LogP contribution >= 0.6 is 0 Å². The second-order valence-corrected chi connectivity index (χ2v) is 4.24. The number of nitrogens with two attached hydrogens (primary N) is 1. The van der Waals surface area contributed by atoms with Crippen molar-refractivity contribution in [2.24, 2.45) is 5.73 Å². The molecule has 0 amide bonds. The maximum absolute atomic E-state index is 11.2. The first-order chi connectivity index (χ1) is 7.13. The summed E-state index contributed by atoms with van der Waals surface area (Å²) in [5.41, 5.74) is 8.24. The van der Waals surface area contributed by atoms with E-state index in [0.717, 1.165) is 12.8 Å². The first kappa shape index (κ1) is 10.2. The van der Waals surface area contributed by atoms with Gasteiger partial charge in [0.25, 0.3) is 0 Å². The lowest BCUT2D eigenvalue weighted by Crippen LogP contribution is -2.43. The van der Waals surface area contributed by atoms with Gasteiger partial charge in [-0.1, -0.05) is 24.3 Å². The van der Waals surface area contributed by atoms with Gasteiger partial charge in [-0.2, -0.15) is 0 Å². The maximum atomic E-state index is 11.2. The van der Waals surface area contributed by atoms with Crippen molar-refractivity contribution in [3.63, 3.8) is 0 Å². The van der Waals surface area contributed by atoms with E-state index in [1.807, 2.05) is 12.1 Å². The Labute approximate surface area is 89.2 Å². The lowest BCUT2D eigenvalue weighted by atomic mass is 9.93. The number of hydrogen-bond donors (Lipinski definition) is 1. The number of fused-ring (bicyclic) bond motifs is 1. The van der Waals surface area contributed by atoms with Crippen LogP contribution in [-0.4, -0.2) is 18.6 Å². The van der Waals surface area contributed by atoms with Gasteiger partial charge in [-0.25, -0.2) is 0 Å². The largest absolute Gasteiger partial charge is 0.469 e. The van der Waals surface area contributed by atoms with Gasteiger partial charge in [-0.15, -0.1) is 0 Å². The highest BCUT2D eigenvalue weighted by molar-refractivity contribution is 5.71. The Morgan fingerprint density at radius 2 is 1.93 bits per heavy atom. The van der Waals surface area contributed by atoms with Crippen molar-refractivity contribution >= 4 is 5.97 Å². The van der Waals surface area contributed by atoms with Crippen LogP contribution in [0.2, 0.25) is 0 Å². The summed E-state index contributed by atoms with van der Waals surface area (Å²) in [7, 11) is 1.40. The van der Waals surface area contributed by atoms with Crippen LogP contribution in [0.5, 0.6) is 0 Å². The highest BCUT2D eigenvalue weighted by Gasteiger charge is 2.35. The summed E-state index contributed by atoms with van der Waals surface area (Å²) in [6.07, 6.45) is 1.81. The highest BCUT2D eigenvalue weighted by atomic mass is 16.5. The summed E-state index contributed by atoms with van der Waals surface area (Å²) < 4.78 is 4.66. The normalized spacial score (nSPS) is 17.2. The quantitative estimate of drug-likeness (QED) is 0.734. The van der Waals surface area contributed by atoms with E-state index in [4.69, 9.17) is 5.73 Å². The molecule has 2 N–H and O–H groups in total. The number of rotatable bonds is 2. The Bertz CT molecular complexity index is 362. The Kier molecular flexibility index (Phi) is 2.49. The Hall–Kier alpha value is -1.35. The van der Waals surface area contributed by atoms with Crippen molar-refractivity contribution in [3.8, 4) is 0 Å². The number of carbonyl (C=O) groups excluding carboxylic acids is 1. The molecule has 0 bridgehead atoms. The summed E-state index contributed by atoms with van der Waals surface area (Å²) in [5.74, 6) is -0.231. The molecule has 80 valence electrons. The second-order valence-electron chi connectivity index (χ2n) is 4.24. The van der Waals surface area contributed by atoms with Crippen LogP contribution < -0.4 is 5.73 Å². The number of carbonyl (C=O) groups is 1. The van der Waals surface area contributed by atoms with Crippen LogP contribution in [0.4, 0.5) is 0 Å². The third-order valence-electron chi connectivity index (χ3n) is 2.93. The molecule has 0 heterocycles. The van der Waals surface area contributed by atoms with Gasteiger partial charge < -0.3 is 10.5 Å². The number of methoxy groups -OCH3 is 1. The lowest BCUT2D eigenvalue weighted by Gasteiger charge is -2.21. The molecule has 0 saturated carbocycles. The molecule has 0 aromatic heterocycles. The van der Waals surface area contributed by atoms with Gasteiger partial charge in [0.05, 0.1) is 13.5 Å². The number of esters is 1. The molecule has 0 radical (unpaired) electrons. The zero-order valence-corrected chi connectivity index (χ0v) is 8.82. The average molecular weight is 205 g/mol. The Balaban J connectivity index is 2.14. The number of ether oxygens (including phenoxy) is 1. The topological polar surface area (TPSA) is 52.3 Å². The fourth-order valence-corrected chi connectivity index (χ4v) is 2.21. The minimum absolute atomic E-state index is 0.231. The predicted molar refractivity (Wildman–Crippen MR) is 57.4 cm³/mol. The summed E-state index contributed by atoms with van der Waals surface area (Å²) in [4.78, 5) is 11.2. The molecule has 1 aromatic carbocycles. The van der Waals surface area contributed by atoms with Gasteiger partial charge in [0.15, 0.2) is 0 Å². The molecule has 3 heteroatoms. The van der Waals surface area contributed by atoms with Crippen LogP contribution in [-0.2, 0) is 22.4 Å². The van der Waals surface area contributed by atoms with Gasteiger partial charge in [0.1, 0.15) is 0 Å². The molecule has 15 heavy (non-hydrogen) atoms. The highest BCUT2D eigenvalue weighted by Crippen LogP contribution is 2.30. The van der Waals surface area contributed by atoms with Gasteiger partial charge in [0, 0.05) is 5.54 Å². The molecular formula is C12H15NO2. The van der Waals surface area contributed by atoms with Crippen molar-refractivity contribution in [3.05, 3.63) is 35.4 Å². The van der Waals surface area contributed by atoms with E-state index >= 15 is 0 Å². The molecule has 0 atom stereocenters. The molecule has 0 saturated heterocycles. The third kappa shape index (κ3) is 2.02. The summed E-state index contributed by atoms with van der Waals surface area (Å²) in [5, 5.41) is 0. The second kappa shape index (κ2) is 3.66. The van der Waals surface area contributed by atoms with Crippen molar-refractivity contribution in [2.45, 2.75) is 24.8 Å². The monoisotopic (exact) mass is 205 g/mol. The van der Waals surface area contributed by atoms with E-state index in [0.29, 0.717) is 0 Å². The van der Waals surface area contributed by atoms with Crippen LogP contribution in [0.3, 0.4) is 0 Å². The fourth-order valence-electron chi connectivity index (χ4n) is 2.21. The zero-order valence-electron chi connectivity index (χ0n) is 8.82. The molecule has 2 rings (SSSR count). The smallest absolute Gasteiger partial charge is 0.307 e. The summed E-state index contributed by atoms with van der Waals surface area (Å²) in [6.45, 7) is 0. The minimum atomic E-state index is -0.448. The van der Waals surface area contributed by atoms with E-state index in [2.05, 4.69) is 16.9 Å². The zero-order chi connectivity index (χ0) is 10.9.